The number of carbonyl (C=O) groups excluding carboxylic acids is 1. The van der Waals surface area contributed by atoms with Crippen LogP contribution in [-0.2, 0) is 6.54 Å². The smallest absolute Gasteiger partial charge is 0.257 e. The zero-order valence-corrected chi connectivity index (χ0v) is 17.7. The second-order valence-electron chi connectivity index (χ2n) is 7.77. The molecular weight excluding hydrogens is 398 g/mol. The van der Waals surface area contributed by atoms with Crippen LogP contribution >= 0.6 is 12.2 Å². The van der Waals surface area contributed by atoms with Gasteiger partial charge in [-0.3, -0.25) is 15.0 Å². The molecule has 2 aromatic rings. The molecule has 2 aliphatic rings. The van der Waals surface area contributed by atoms with Crippen molar-refractivity contribution in [3.8, 4) is 11.5 Å². The first-order valence-corrected chi connectivity index (χ1v) is 10.8. The molecule has 30 heavy (non-hydrogen) atoms. The number of thiocarbonyl (C=S) groups is 1. The van der Waals surface area contributed by atoms with E-state index in [2.05, 4.69) is 45.9 Å². The van der Waals surface area contributed by atoms with Gasteiger partial charge in [0.2, 0.25) is 6.79 Å². The van der Waals surface area contributed by atoms with Gasteiger partial charge >= 0.3 is 0 Å². The summed E-state index contributed by atoms with van der Waals surface area (Å²) in [4.78, 5) is 14.9. The van der Waals surface area contributed by atoms with Crippen molar-refractivity contribution in [1.82, 2.24) is 15.5 Å². The second-order valence-corrected chi connectivity index (χ2v) is 8.18. The van der Waals surface area contributed by atoms with E-state index in [-0.39, 0.29) is 12.7 Å². The largest absolute Gasteiger partial charge is 0.454 e. The molecule has 1 amide bonds. The highest BCUT2D eigenvalue weighted by atomic mass is 32.1. The van der Waals surface area contributed by atoms with Crippen molar-refractivity contribution < 1.29 is 14.3 Å². The summed E-state index contributed by atoms with van der Waals surface area (Å²) < 4.78 is 10.6. The van der Waals surface area contributed by atoms with Gasteiger partial charge in [0.25, 0.3) is 5.91 Å². The van der Waals surface area contributed by atoms with Crippen LogP contribution in [-0.4, -0.2) is 42.3 Å². The highest BCUT2D eigenvalue weighted by Crippen LogP contribution is 2.32. The van der Waals surface area contributed by atoms with Gasteiger partial charge < -0.3 is 14.8 Å². The molecule has 1 saturated heterocycles. The Bertz CT molecular complexity index is 883. The Morgan fingerprint density at radius 2 is 1.83 bits per heavy atom. The fraction of sp³-hybridized carbons (Fsp3) is 0.391. The topological polar surface area (TPSA) is 62.8 Å². The first-order chi connectivity index (χ1) is 14.7. The van der Waals surface area contributed by atoms with Gasteiger partial charge in [0.15, 0.2) is 16.6 Å². The number of piperidine rings is 1. The molecule has 158 valence electrons. The third kappa shape index (κ3) is 5.49. The molecule has 7 heteroatoms. The Labute approximate surface area is 182 Å². The van der Waals surface area contributed by atoms with Crippen LogP contribution in [0.2, 0.25) is 0 Å². The molecule has 2 aliphatic heterocycles. The van der Waals surface area contributed by atoms with Crippen LogP contribution < -0.4 is 20.1 Å². The summed E-state index contributed by atoms with van der Waals surface area (Å²) in [6.45, 7) is 4.24. The van der Waals surface area contributed by atoms with Gasteiger partial charge in [0.1, 0.15) is 0 Å². The van der Waals surface area contributed by atoms with Crippen molar-refractivity contribution in [1.29, 1.82) is 0 Å². The summed E-state index contributed by atoms with van der Waals surface area (Å²) in [5, 5.41) is 6.26. The number of hydrogen-bond donors (Lipinski definition) is 2. The lowest BCUT2D eigenvalue weighted by molar-refractivity contribution is 0.0976. The first kappa shape index (κ1) is 20.6. The SMILES string of the molecule is O=C(NC(=S)NCCC1CCN(Cc2ccccc2)CC1)c1ccc2c(c1)OCO2. The Morgan fingerprint density at radius 3 is 2.63 bits per heavy atom. The maximum atomic E-state index is 12.4. The molecule has 0 spiro atoms. The van der Waals surface area contributed by atoms with E-state index in [1.165, 1.54) is 18.4 Å². The zero-order chi connectivity index (χ0) is 20.8. The molecule has 2 aromatic carbocycles. The lowest BCUT2D eigenvalue weighted by atomic mass is 9.93. The number of nitrogens with one attached hydrogen (secondary N) is 2. The summed E-state index contributed by atoms with van der Waals surface area (Å²) in [5.41, 5.74) is 1.87. The molecule has 0 aromatic heterocycles. The normalized spacial score (nSPS) is 16.3. The monoisotopic (exact) mass is 425 g/mol. The summed E-state index contributed by atoms with van der Waals surface area (Å²) in [6, 6.07) is 15.7. The van der Waals surface area contributed by atoms with Crippen LogP contribution in [0.4, 0.5) is 0 Å². The molecule has 6 nitrogen and oxygen atoms in total. The van der Waals surface area contributed by atoms with Crippen LogP contribution in [0.25, 0.3) is 0 Å². The van der Waals surface area contributed by atoms with E-state index in [0.29, 0.717) is 28.1 Å². The van der Waals surface area contributed by atoms with Crippen LogP contribution in [0.1, 0.15) is 35.2 Å². The average Bonchev–Trinajstić information content (AvgIpc) is 3.23. The maximum Gasteiger partial charge on any atom is 0.257 e. The number of ether oxygens (including phenoxy) is 2. The van der Waals surface area contributed by atoms with Crippen molar-refractivity contribution in [2.24, 2.45) is 5.92 Å². The van der Waals surface area contributed by atoms with E-state index in [9.17, 15) is 4.79 Å². The lowest BCUT2D eigenvalue weighted by Gasteiger charge is -2.32. The zero-order valence-electron chi connectivity index (χ0n) is 16.9. The van der Waals surface area contributed by atoms with Crippen LogP contribution in [0, 0.1) is 5.92 Å². The van der Waals surface area contributed by atoms with Gasteiger partial charge in [-0.15, -0.1) is 0 Å². The molecule has 0 aliphatic carbocycles. The fourth-order valence-corrected chi connectivity index (χ4v) is 4.12. The molecule has 0 atom stereocenters. The van der Waals surface area contributed by atoms with Crippen molar-refractivity contribution >= 4 is 23.2 Å². The summed E-state index contributed by atoms with van der Waals surface area (Å²) in [7, 11) is 0. The van der Waals surface area contributed by atoms with E-state index in [0.717, 1.165) is 32.6 Å². The number of fused-ring (bicyclic) bond motifs is 1. The van der Waals surface area contributed by atoms with Gasteiger partial charge in [0.05, 0.1) is 0 Å². The van der Waals surface area contributed by atoms with E-state index in [1.54, 1.807) is 18.2 Å². The molecule has 4 rings (SSSR count). The molecular formula is C23H27N3O3S. The van der Waals surface area contributed by atoms with E-state index >= 15 is 0 Å². The minimum Gasteiger partial charge on any atom is -0.454 e. The van der Waals surface area contributed by atoms with Crippen molar-refractivity contribution in [2.75, 3.05) is 26.4 Å². The van der Waals surface area contributed by atoms with Crippen LogP contribution in [0.5, 0.6) is 11.5 Å². The molecule has 0 unspecified atom stereocenters. The third-order valence-corrected chi connectivity index (χ3v) is 5.90. The van der Waals surface area contributed by atoms with Crippen molar-refractivity contribution in [3.63, 3.8) is 0 Å². The molecule has 2 heterocycles. The number of carbonyl (C=O) groups is 1. The van der Waals surface area contributed by atoms with Gasteiger partial charge in [-0.1, -0.05) is 30.3 Å². The van der Waals surface area contributed by atoms with Gasteiger partial charge in [-0.05, 0) is 74.3 Å². The fourth-order valence-electron chi connectivity index (χ4n) is 3.92. The summed E-state index contributed by atoms with van der Waals surface area (Å²) in [6.07, 6.45) is 3.45. The predicted octanol–water partition coefficient (Wildman–Crippen LogP) is 3.32. The Morgan fingerprint density at radius 1 is 1.07 bits per heavy atom. The number of hydrogen-bond acceptors (Lipinski definition) is 5. The van der Waals surface area contributed by atoms with Crippen LogP contribution in [0.15, 0.2) is 48.5 Å². The van der Waals surface area contributed by atoms with Crippen LogP contribution in [0.3, 0.4) is 0 Å². The Kier molecular flexibility index (Phi) is 6.81. The lowest BCUT2D eigenvalue weighted by Crippen LogP contribution is -2.40. The molecule has 0 radical (unpaired) electrons. The highest BCUT2D eigenvalue weighted by molar-refractivity contribution is 7.80. The molecule has 1 fully saturated rings. The maximum absolute atomic E-state index is 12.4. The highest BCUT2D eigenvalue weighted by Gasteiger charge is 2.20. The number of nitrogens with zero attached hydrogens (tertiary/aromatic N) is 1. The minimum absolute atomic E-state index is 0.186. The summed E-state index contributed by atoms with van der Waals surface area (Å²) >= 11 is 5.28. The summed E-state index contributed by atoms with van der Waals surface area (Å²) in [5.74, 6) is 1.68. The number of amides is 1. The molecule has 0 saturated carbocycles. The standard InChI is InChI=1S/C23H27N3O3S/c27-22(19-6-7-20-21(14-19)29-16-28-20)25-23(30)24-11-8-17-9-12-26(13-10-17)15-18-4-2-1-3-5-18/h1-7,14,17H,8-13,15-16H2,(H2,24,25,27,30). The first-order valence-electron chi connectivity index (χ1n) is 10.4. The van der Waals surface area contributed by atoms with E-state index in [4.69, 9.17) is 21.7 Å². The molecule has 2 N–H and O–H groups in total. The van der Waals surface area contributed by atoms with E-state index < -0.39 is 0 Å². The van der Waals surface area contributed by atoms with Crippen molar-refractivity contribution in [2.45, 2.75) is 25.8 Å². The van der Waals surface area contributed by atoms with Gasteiger partial charge in [-0.25, -0.2) is 0 Å². The quantitative estimate of drug-likeness (QED) is 0.693. The number of rotatable bonds is 6. The number of likely N-dealkylation sites (tertiary alicyclic amines) is 1. The molecule has 0 bridgehead atoms. The van der Waals surface area contributed by atoms with E-state index in [1.807, 2.05) is 0 Å². The Hall–Kier alpha value is -2.64. The number of benzene rings is 2. The second kappa shape index (κ2) is 9.91. The Balaban J connectivity index is 1.14. The third-order valence-electron chi connectivity index (χ3n) is 5.66. The predicted molar refractivity (Wildman–Crippen MR) is 120 cm³/mol. The van der Waals surface area contributed by atoms with Gasteiger partial charge in [0, 0.05) is 18.7 Å². The average molecular weight is 426 g/mol. The van der Waals surface area contributed by atoms with Gasteiger partial charge in [-0.2, -0.15) is 0 Å². The van der Waals surface area contributed by atoms with Crippen molar-refractivity contribution in [3.05, 3.63) is 59.7 Å². The minimum atomic E-state index is -0.250.